The number of fused-ring (bicyclic) bond motifs is 3. The minimum Gasteiger partial charge on any atom is -0.496 e. The van der Waals surface area contributed by atoms with E-state index in [2.05, 4.69) is 53.6 Å². The predicted molar refractivity (Wildman–Crippen MR) is 87.2 cm³/mol. The van der Waals surface area contributed by atoms with Gasteiger partial charge in [0, 0.05) is 30.1 Å². The summed E-state index contributed by atoms with van der Waals surface area (Å²) >= 11 is 0. The van der Waals surface area contributed by atoms with Crippen LogP contribution in [0.3, 0.4) is 0 Å². The molecule has 0 aromatic heterocycles. The molecule has 2 heterocycles. The maximum absolute atomic E-state index is 5.81. The van der Waals surface area contributed by atoms with E-state index < -0.39 is 0 Å². The van der Waals surface area contributed by atoms with E-state index in [1.54, 1.807) is 7.11 Å². The number of hydrogen-bond donors (Lipinski definition) is 0. The number of nitrogens with zero attached hydrogens (tertiary/aromatic N) is 1. The maximum atomic E-state index is 5.81. The molecule has 0 fully saturated rings. The first-order valence-corrected chi connectivity index (χ1v) is 7.68. The van der Waals surface area contributed by atoms with Crippen molar-refractivity contribution in [2.75, 3.05) is 20.3 Å². The van der Waals surface area contributed by atoms with Crippen LogP contribution in [0.2, 0.25) is 0 Å². The second-order valence-electron chi connectivity index (χ2n) is 5.74. The van der Waals surface area contributed by atoms with E-state index in [9.17, 15) is 0 Å². The fraction of sp³-hybridized carbons (Fsp3) is 0.263. The predicted octanol–water partition coefficient (Wildman–Crippen LogP) is 1.66. The van der Waals surface area contributed by atoms with Crippen molar-refractivity contribution in [2.24, 2.45) is 0 Å². The maximum Gasteiger partial charge on any atom is 0.136 e. The van der Waals surface area contributed by atoms with Crippen LogP contribution in [0.25, 0.3) is 12.3 Å². The molecule has 0 unspecified atom stereocenters. The normalized spacial score (nSPS) is 14.7. The minimum absolute atomic E-state index is 0.645. The summed E-state index contributed by atoms with van der Waals surface area (Å²) in [6.07, 6.45) is 5.38. The Morgan fingerprint density at radius 1 is 1.23 bits per heavy atom. The monoisotopic (exact) mass is 293 g/mol. The van der Waals surface area contributed by atoms with Crippen molar-refractivity contribution in [3.63, 3.8) is 0 Å². The van der Waals surface area contributed by atoms with Crippen molar-refractivity contribution in [3.8, 4) is 11.5 Å². The van der Waals surface area contributed by atoms with Gasteiger partial charge in [-0.1, -0.05) is 30.3 Å². The van der Waals surface area contributed by atoms with Gasteiger partial charge in [0.05, 0.1) is 12.3 Å². The van der Waals surface area contributed by atoms with Gasteiger partial charge in [-0.05, 0) is 24.1 Å². The van der Waals surface area contributed by atoms with Crippen molar-refractivity contribution < 1.29 is 9.47 Å². The molecule has 2 aliphatic rings. The summed E-state index contributed by atoms with van der Waals surface area (Å²) in [6, 6.07) is 12.7. The van der Waals surface area contributed by atoms with Crippen LogP contribution < -0.4 is 19.9 Å². The molecule has 112 valence electrons. The molecule has 0 radical (unpaired) electrons. The zero-order chi connectivity index (χ0) is 14.9. The van der Waals surface area contributed by atoms with Gasteiger partial charge in [-0.15, -0.1) is 0 Å². The molecule has 0 atom stereocenters. The van der Waals surface area contributed by atoms with E-state index in [-0.39, 0.29) is 0 Å². The van der Waals surface area contributed by atoms with Gasteiger partial charge in [-0.25, -0.2) is 0 Å². The van der Waals surface area contributed by atoms with Crippen molar-refractivity contribution in [3.05, 3.63) is 58.0 Å². The van der Waals surface area contributed by atoms with Gasteiger partial charge in [0.25, 0.3) is 0 Å². The van der Waals surface area contributed by atoms with Crippen molar-refractivity contribution in [1.29, 1.82) is 0 Å². The lowest BCUT2D eigenvalue weighted by Crippen LogP contribution is -2.17. The van der Waals surface area contributed by atoms with Crippen LogP contribution in [-0.4, -0.2) is 25.2 Å². The zero-order valence-corrected chi connectivity index (χ0v) is 12.7. The number of methoxy groups -OCH3 is 1. The Balaban J connectivity index is 1.58. The van der Waals surface area contributed by atoms with Gasteiger partial charge in [-0.3, -0.25) is 0 Å². The van der Waals surface area contributed by atoms with Crippen molar-refractivity contribution in [2.45, 2.75) is 13.0 Å². The molecular formula is C19H19NO2. The van der Waals surface area contributed by atoms with Gasteiger partial charge in [0.2, 0.25) is 0 Å². The van der Waals surface area contributed by atoms with Gasteiger partial charge >= 0.3 is 0 Å². The highest BCUT2D eigenvalue weighted by Crippen LogP contribution is 2.23. The van der Waals surface area contributed by atoms with Crippen LogP contribution in [0, 0.1) is 0 Å². The quantitative estimate of drug-likeness (QED) is 0.856. The van der Waals surface area contributed by atoms with E-state index in [1.165, 1.54) is 16.3 Å². The van der Waals surface area contributed by atoms with Gasteiger partial charge in [-0.2, -0.15) is 0 Å². The summed E-state index contributed by atoms with van der Waals surface area (Å²) in [6.45, 7) is 2.58. The molecule has 0 spiro atoms. The molecule has 0 aliphatic carbocycles. The Kier molecular flexibility index (Phi) is 3.26. The third kappa shape index (κ3) is 2.23. The number of benzene rings is 2. The van der Waals surface area contributed by atoms with E-state index in [4.69, 9.17) is 9.47 Å². The third-order valence-electron chi connectivity index (χ3n) is 4.37. The van der Waals surface area contributed by atoms with E-state index in [1.807, 2.05) is 0 Å². The lowest BCUT2D eigenvalue weighted by Gasteiger charge is -2.16. The highest BCUT2D eigenvalue weighted by Gasteiger charge is 2.21. The van der Waals surface area contributed by atoms with Crippen LogP contribution in [-0.2, 0) is 13.0 Å². The molecule has 3 heteroatoms. The highest BCUT2D eigenvalue weighted by molar-refractivity contribution is 5.55. The standard InChI is InChI=1S/C19H19NO2/c1-21-18-11-15-12-20(9-7-14-5-3-2-4-6-14)13-17(15)19-16(18)8-10-22-19/h2-6,8,11-12H,7,9-10,13H2,1H3. The fourth-order valence-corrected chi connectivity index (χ4v) is 3.23. The van der Waals surface area contributed by atoms with E-state index in [0.717, 1.165) is 36.2 Å². The van der Waals surface area contributed by atoms with Crippen LogP contribution >= 0.6 is 0 Å². The first-order valence-electron chi connectivity index (χ1n) is 7.68. The zero-order valence-electron chi connectivity index (χ0n) is 12.7. The Hall–Kier alpha value is -2.42. The Morgan fingerprint density at radius 2 is 2.09 bits per heavy atom. The lowest BCUT2D eigenvalue weighted by molar-refractivity contribution is 0.363. The van der Waals surface area contributed by atoms with Crippen molar-refractivity contribution in [1.82, 2.24) is 4.90 Å². The molecule has 0 saturated carbocycles. The highest BCUT2D eigenvalue weighted by atomic mass is 16.5. The van der Waals surface area contributed by atoms with Crippen LogP contribution in [0.5, 0.6) is 11.5 Å². The second-order valence-corrected chi connectivity index (χ2v) is 5.74. The summed E-state index contributed by atoms with van der Waals surface area (Å²) in [5.74, 6) is 1.92. The Bertz CT molecular complexity index is 812. The van der Waals surface area contributed by atoms with E-state index >= 15 is 0 Å². The SMILES string of the molecule is COc1cc2c(c3c1=CCO3)CN(CCc1ccccc1)C=2. The molecule has 0 N–H and O–H groups in total. The number of ether oxygens (including phenoxy) is 2. The van der Waals surface area contributed by atoms with E-state index in [0.29, 0.717) is 6.61 Å². The summed E-state index contributed by atoms with van der Waals surface area (Å²) < 4.78 is 11.3. The largest absolute Gasteiger partial charge is 0.496 e. The second kappa shape index (κ2) is 5.41. The first kappa shape index (κ1) is 13.3. The molecule has 2 aromatic rings. The van der Waals surface area contributed by atoms with Gasteiger partial charge in [0.1, 0.15) is 18.1 Å². The molecule has 22 heavy (non-hydrogen) atoms. The smallest absolute Gasteiger partial charge is 0.136 e. The van der Waals surface area contributed by atoms with Crippen LogP contribution in [0.15, 0.2) is 36.4 Å². The molecule has 0 saturated heterocycles. The molecular weight excluding hydrogens is 274 g/mol. The molecule has 3 nitrogen and oxygen atoms in total. The summed E-state index contributed by atoms with van der Waals surface area (Å²) in [7, 11) is 1.72. The molecule has 2 aliphatic heterocycles. The fourth-order valence-electron chi connectivity index (χ4n) is 3.23. The van der Waals surface area contributed by atoms with Crippen LogP contribution in [0.1, 0.15) is 11.1 Å². The van der Waals surface area contributed by atoms with Crippen LogP contribution in [0.4, 0.5) is 0 Å². The molecule has 0 amide bonds. The first-order chi connectivity index (χ1) is 10.8. The molecule has 0 bridgehead atoms. The molecule has 4 rings (SSSR count). The van der Waals surface area contributed by atoms with Gasteiger partial charge < -0.3 is 14.4 Å². The van der Waals surface area contributed by atoms with Crippen molar-refractivity contribution >= 4 is 12.3 Å². The summed E-state index contributed by atoms with van der Waals surface area (Å²) in [5, 5.41) is 2.33. The average molecular weight is 293 g/mol. The average Bonchev–Trinajstić information content (AvgIpc) is 3.19. The molecule has 2 aromatic carbocycles. The number of hydrogen-bond acceptors (Lipinski definition) is 3. The summed E-state index contributed by atoms with van der Waals surface area (Å²) in [4.78, 5) is 2.36. The number of rotatable bonds is 4. The summed E-state index contributed by atoms with van der Waals surface area (Å²) in [5.41, 5.74) is 2.66. The third-order valence-corrected chi connectivity index (χ3v) is 4.37. The van der Waals surface area contributed by atoms with Gasteiger partial charge in [0.15, 0.2) is 0 Å². The minimum atomic E-state index is 0.645. The topological polar surface area (TPSA) is 21.7 Å². The lowest BCUT2D eigenvalue weighted by atomic mass is 10.1. The Labute approximate surface area is 130 Å². The Morgan fingerprint density at radius 3 is 2.91 bits per heavy atom.